The lowest BCUT2D eigenvalue weighted by Crippen LogP contribution is -2.26. The number of aromatic nitrogens is 4. The van der Waals surface area contributed by atoms with Crippen LogP contribution < -0.4 is 5.32 Å². The van der Waals surface area contributed by atoms with E-state index in [1.807, 2.05) is 17.6 Å². The number of nitrogens with zero attached hydrogens (tertiary/aromatic N) is 4. The predicted molar refractivity (Wildman–Crippen MR) is 79.8 cm³/mol. The highest BCUT2D eigenvalue weighted by molar-refractivity contribution is 7.15. The van der Waals surface area contributed by atoms with E-state index in [4.69, 9.17) is 0 Å². The van der Waals surface area contributed by atoms with Crippen LogP contribution in [0.15, 0.2) is 36.2 Å². The van der Waals surface area contributed by atoms with Gasteiger partial charge >= 0.3 is 0 Å². The van der Waals surface area contributed by atoms with Crippen molar-refractivity contribution in [1.82, 2.24) is 24.7 Å². The summed E-state index contributed by atoms with van der Waals surface area (Å²) in [5.74, 6) is 0.831. The van der Waals surface area contributed by atoms with Gasteiger partial charge in [-0.25, -0.2) is 15.0 Å². The Morgan fingerprint density at radius 1 is 1.35 bits per heavy atom. The smallest absolute Gasteiger partial charge is 0.193 e. The van der Waals surface area contributed by atoms with E-state index in [0.717, 1.165) is 35.9 Å². The zero-order valence-corrected chi connectivity index (χ0v) is 12.2. The molecular weight excluding hydrogens is 270 g/mol. The lowest BCUT2D eigenvalue weighted by Gasteiger charge is -2.15. The van der Waals surface area contributed by atoms with Gasteiger partial charge in [-0.1, -0.05) is 6.92 Å². The average molecular weight is 287 g/mol. The number of hydrogen-bond donors (Lipinski definition) is 1. The minimum Gasteiger partial charge on any atom is -0.307 e. The number of hydrogen-bond acceptors (Lipinski definition) is 5. The third-order valence-electron chi connectivity index (χ3n) is 3.09. The minimum atomic E-state index is 0.112. The second-order valence-electron chi connectivity index (χ2n) is 4.64. The van der Waals surface area contributed by atoms with Gasteiger partial charge in [0.25, 0.3) is 0 Å². The van der Waals surface area contributed by atoms with Crippen LogP contribution in [0.25, 0.3) is 4.96 Å². The SMILES string of the molecule is CCCNC(Cc1cn2ccsc2n1)c1ncccn1. The molecule has 104 valence electrons. The quantitative estimate of drug-likeness (QED) is 0.756. The first-order valence-corrected chi connectivity index (χ1v) is 7.66. The van der Waals surface area contributed by atoms with Crippen molar-refractivity contribution < 1.29 is 0 Å². The van der Waals surface area contributed by atoms with Crippen molar-refractivity contribution in [3.8, 4) is 0 Å². The van der Waals surface area contributed by atoms with Crippen molar-refractivity contribution in [2.75, 3.05) is 6.54 Å². The molecule has 5 nitrogen and oxygen atoms in total. The molecule has 0 bridgehead atoms. The Hall–Kier alpha value is -1.79. The number of rotatable bonds is 6. The summed E-state index contributed by atoms with van der Waals surface area (Å²) >= 11 is 1.65. The number of nitrogens with one attached hydrogen (secondary N) is 1. The maximum atomic E-state index is 4.63. The van der Waals surface area contributed by atoms with Gasteiger partial charge in [-0.3, -0.25) is 4.40 Å². The summed E-state index contributed by atoms with van der Waals surface area (Å²) in [5, 5.41) is 5.54. The van der Waals surface area contributed by atoms with Crippen LogP contribution in [0.2, 0.25) is 0 Å². The molecule has 1 unspecified atom stereocenters. The molecule has 0 saturated carbocycles. The topological polar surface area (TPSA) is 55.1 Å². The molecule has 0 aliphatic carbocycles. The Kier molecular flexibility index (Phi) is 4.03. The summed E-state index contributed by atoms with van der Waals surface area (Å²) in [6.07, 6.45) is 9.57. The van der Waals surface area contributed by atoms with Crippen molar-refractivity contribution in [2.24, 2.45) is 0 Å². The molecule has 0 saturated heterocycles. The van der Waals surface area contributed by atoms with Crippen molar-refractivity contribution in [3.63, 3.8) is 0 Å². The summed E-state index contributed by atoms with van der Waals surface area (Å²) in [6, 6.07) is 1.95. The van der Waals surface area contributed by atoms with E-state index in [-0.39, 0.29) is 6.04 Å². The first-order valence-electron chi connectivity index (χ1n) is 6.78. The second kappa shape index (κ2) is 6.11. The summed E-state index contributed by atoms with van der Waals surface area (Å²) in [7, 11) is 0. The predicted octanol–water partition coefficient (Wildman–Crippen LogP) is 2.47. The van der Waals surface area contributed by atoms with Crippen LogP contribution in [0.5, 0.6) is 0 Å². The van der Waals surface area contributed by atoms with E-state index in [9.17, 15) is 0 Å². The van der Waals surface area contributed by atoms with Gasteiger partial charge in [0.2, 0.25) is 0 Å². The molecule has 1 N–H and O–H groups in total. The lowest BCUT2D eigenvalue weighted by molar-refractivity contribution is 0.501. The Balaban J connectivity index is 1.80. The van der Waals surface area contributed by atoms with Gasteiger partial charge < -0.3 is 5.32 Å². The van der Waals surface area contributed by atoms with Crippen LogP contribution >= 0.6 is 11.3 Å². The highest BCUT2D eigenvalue weighted by Gasteiger charge is 2.16. The summed E-state index contributed by atoms with van der Waals surface area (Å²) in [4.78, 5) is 14.4. The van der Waals surface area contributed by atoms with Crippen LogP contribution in [0.1, 0.15) is 30.9 Å². The molecule has 0 aliphatic heterocycles. The standard InChI is InChI=1S/C14H17N5S/c1-2-4-15-12(13-16-5-3-6-17-13)9-11-10-19-7-8-20-14(19)18-11/h3,5-8,10,12,15H,2,4,9H2,1H3. The molecule has 0 spiro atoms. The van der Waals surface area contributed by atoms with Gasteiger partial charge in [-0.2, -0.15) is 0 Å². The van der Waals surface area contributed by atoms with E-state index in [1.165, 1.54) is 0 Å². The molecule has 3 aromatic rings. The van der Waals surface area contributed by atoms with E-state index >= 15 is 0 Å². The van der Waals surface area contributed by atoms with Crippen LogP contribution in [-0.4, -0.2) is 25.9 Å². The van der Waals surface area contributed by atoms with Crippen LogP contribution in [0, 0.1) is 0 Å². The third-order valence-corrected chi connectivity index (χ3v) is 3.87. The van der Waals surface area contributed by atoms with Gasteiger partial charge in [-0.15, -0.1) is 11.3 Å². The van der Waals surface area contributed by atoms with Gasteiger partial charge in [0.05, 0.1) is 11.7 Å². The Labute approximate surface area is 121 Å². The lowest BCUT2D eigenvalue weighted by atomic mass is 10.1. The summed E-state index contributed by atoms with van der Waals surface area (Å²) in [6.45, 7) is 3.10. The van der Waals surface area contributed by atoms with E-state index < -0.39 is 0 Å². The first-order chi connectivity index (χ1) is 9.86. The van der Waals surface area contributed by atoms with Crippen LogP contribution in [0.4, 0.5) is 0 Å². The van der Waals surface area contributed by atoms with Crippen molar-refractivity contribution in [1.29, 1.82) is 0 Å². The van der Waals surface area contributed by atoms with Gasteiger partial charge in [0.1, 0.15) is 5.82 Å². The van der Waals surface area contributed by atoms with E-state index in [0.29, 0.717) is 0 Å². The zero-order valence-electron chi connectivity index (χ0n) is 11.4. The maximum absolute atomic E-state index is 4.63. The summed E-state index contributed by atoms with van der Waals surface area (Å²) < 4.78 is 2.06. The second-order valence-corrected chi connectivity index (χ2v) is 5.52. The largest absolute Gasteiger partial charge is 0.307 e. The average Bonchev–Trinajstić information content (AvgIpc) is 3.05. The Morgan fingerprint density at radius 3 is 2.95 bits per heavy atom. The molecule has 20 heavy (non-hydrogen) atoms. The van der Waals surface area contributed by atoms with Gasteiger partial charge in [0, 0.05) is 36.6 Å². The zero-order chi connectivity index (χ0) is 13.8. The fourth-order valence-electron chi connectivity index (χ4n) is 2.15. The Bertz CT molecular complexity index is 632. The van der Waals surface area contributed by atoms with Crippen LogP contribution in [-0.2, 0) is 6.42 Å². The molecule has 3 aromatic heterocycles. The molecule has 6 heteroatoms. The van der Waals surface area contributed by atoms with E-state index in [1.54, 1.807) is 23.7 Å². The molecule has 0 fully saturated rings. The molecule has 3 heterocycles. The van der Waals surface area contributed by atoms with Crippen molar-refractivity contribution in [2.45, 2.75) is 25.8 Å². The van der Waals surface area contributed by atoms with Crippen LogP contribution in [0.3, 0.4) is 0 Å². The van der Waals surface area contributed by atoms with Crippen molar-refractivity contribution in [3.05, 3.63) is 47.8 Å². The molecule has 0 aromatic carbocycles. The highest BCUT2D eigenvalue weighted by atomic mass is 32.1. The van der Waals surface area contributed by atoms with Crippen molar-refractivity contribution >= 4 is 16.3 Å². The fourth-order valence-corrected chi connectivity index (χ4v) is 2.87. The Morgan fingerprint density at radius 2 is 2.20 bits per heavy atom. The molecule has 0 amide bonds. The normalized spacial score (nSPS) is 12.8. The molecule has 0 aliphatic rings. The molecule has 3 rings (SSSR count). The third kappa shape index (κ3) is 2.86. The maximum Gasteiger partial charge on any atom is 0.193 e. The minimum absolute atomic E-state index is 0.112. The van der Waals surface area contributed by atoms with E-state index in [2.05, 4.69) is 37.8 Å². The highest BCUT2D eigenvalue weighted by Crippen LogP contribution is 2.17. The number of thiazole rings is 1. The fraction of sp³-hybridized carbons (Fsp3) is 0.357. The van der Waals surface area contributed by atoms with Gasteiger partial charge in [-0.05, 0) is 19.0 Å². The molecular formula is C14H17N5S. The van der Waals surface area contributed by atoms with Gasteiger partial charge in [0.15, 0.2) is 4.96 Å². The molecule has 1 atom stereocenters. The number of imidazole rings is 1. The monoisotopic (exact) mass is 287 g/mol. The first kappa shape index (κ1) is 13.2. The molecule has 0 radical (unpaired) electrons. The summed E-state index contributed by atoms with van der Waals surface area (Å²) in [5.41, 5.74) is 1.07. The number of fused-ring (bicyclic) bond motifs is 1.